The zero-order chi connectivity index (χ0) is 13.9. The number of nitrogens with zero attached hydrogens (tertiary/aromatic N) is 3. The molecule has 0 amide bonds. The summed E-state index contributed by atoms with van der Waals surface area (Å²) in [6.07, 6.45) is 3.13. The molecule has 100 valence electrons. The Balaban J connectivity index is 1.87. The summed E-state index contributed by atoms with van der Waals surface area (Å²) < 4.78 is 18.9. The Morgan fingerprint density at radius 3 is 2.70 bits per heavy atom. The van der Waals surface area contributed by atoms with Gasteiger partial charge in [0.15, 0.2) is 0 Å². The molecule has 3 N–H and O–H groups in total. The van der Waals surface area contributed by atoms with Crippen LogP contribution >= 0.6 is 0 Å². The van der Waals surface area contributed by atoms with Gasteiger partial charge >= 0.3 is 0 Å². The highest BCUT2D eigenvalue weighted by Crippen LogP contribution is 2.26. The molecule has 0 aliphatic carbocycles. The average Bonchev–Trinajstić information content (AvgIpc) is 2.97. The normalized spacial score (nSPS) is 10.4. The van der Waals surface area contributed by atoms with E-state index in [1.165, 1.54) is 12.1 Å². The van der Waals surface area contributed by atoms with Crippen molar-refractivity contribution in [2.75, 3.05) is 5.73 Å². The predicted molar refractivity (Wildman–Crippen MR) is 70.5 cm³/mol. The van der Waals surface area contributed by atoms with E-state index >= 15 is 0 Å². The molecule has 1 aromatic carbocycles. The van der Waals surface area contributed by atoms with Gasteiger partial charge in [-0.25, -0.2) is 4.39 Å². The predicted octanol–water partition coefficient (Wildman–Crippen LogP) is 2.38. The van der Waals surface area contributed by atoms with Crippen LogP contribution in [-0.4, -0.2) is 20.4 Å². The minimum atomic E-state index is -0.520. The van der Waals surface area contributed by atoms with Crippen molar-refractivity contribution in [3.8, 4) is 22.9 Å². The van der Waals surface area contributed by atoms with Crippen LogP contribution in [0.5, 0.6) is 11.5 Å². The number of ether oxygens (including phenoxy) is 1. The second-order valence-corrected chi connectivity index (χ2v) is 4.02. The molecule has 0 atom stereocenters. The fourth-order valence-corrected chi connectivity index (χ4v) is 1.65. The first-order valence-corrected chi connectivity index (χ1v) is 5.77. The summed E-state index contributed by atoms with van der Waals surface area (Å²) in [5.74, 6) is 0.351. The highest BCUT2D eigenvalue weighted by Gasteiger charge is 2.06. The maximum absolute atomic E-state index is 13.3. The number of nitrogens with two attached hydrogens (primary N) is 1. The molecule has 6 nitrogen and oxygen atoms in total. The average molecular weight is 271 g/mol. The van der Waals surface area contributed by atoms with Crippen LogP contribution in [0.25, 0.3) is 11.4 Å². The standard InChI is InChI=1S/C13H10FN5O/c14-10-5-8(1-2-11(10)15)20-9-3-4-16-12(6-9)13-7-17-19-18-13/h1-7H,15H2,(H,17,18,19). The van der Waals surface area contributed by atoms with Crippen LogP contribution in [0.15, 0.2) is 42.7 Å². The SMILES string of the molecule is Nc1ccc(Oc2ccnc(-c3cn[nH]n3)c2)cc1F. The molecule has 3 aromatic rings. The summed E-state index contributed by atoms with van der Waals surface area (Å²) in [6, 6.07) is 7.62. The topological polar surface area (TPSA) is 89.7 Å². The maximum Gasteiger partial charge on any atom is 0.149 e. The van der Waals surface area contributed by atoms with Crippen LogP contribution in [0.2, 0.25) is 0 Å². The Labute approximate surface area is 113 Å². The Kier molecular flexibility index (Phi) is 3.00. The first-order valence-electron chi connectivity index (χ1n) is 5.77. The summed E-state index contributed by atoms with van der Waals surface area (Å²) >= 11 is 0. The third-order valence-electron chi connectivity index (χ3n) is 2.62. The first-order chi connectivity index (χ1) is 9.72. The number of pyridine rings is 1. The molecule has 0 spiro atoms. The molecule has 2 aromatic heterocycles. The van der Waals surface area contributed by atoms with Crippen LogP contribution < -0.4 is 10.5 Å². The quantitative estimate of drug-likeness (QED) is 0.714. The number of aromatic amines is 1. The number of rotatable bonds is 3. The highest BCUT2D eigenvalue weighted by molar-refractivity contribution is 5.54. The second kappa shape index (κ2) is 4.96. The molecule has 0 aliphatic heterocycles. The summed E-state index contributed by atoms with van der Waals surface area (Å²) in [5, 5.41) is 10.1. The maximum atomic E-state index is 13.3. The molecule has 2 heterocycles. The first kappa shape index (κ1) is 12.1. The smallest absolute Gasteiger partial charge is 0.149 e. The molecule has 0 aliphatic rings. The van der Waals surface area contributed by atoms with Crippen molar-refractivity contribution < 1.29 is 9.13 Å². The summed E-state index contributed by atoms with van der Waals surface area (Å²) in [4.78, 5) is 4.16. The van der Waals surface area contributed by atoms with Crippen LogP contribution in [0.1, 0.15) is 0 Å². The van der Waals surface area contributed by atoms with E-state index in [4.69, 9.17) is 10.5 Å². The molecule has 0 saturated carbocycles. The lowest BCUT2D eigenvalue weighted by Crippen LogP contribution is -1.92. The molecule has 3 rings (SSSR count). The molecule has 0 unspecified atom stereocenters. The van der Waals surface area contributed by atoms with Crippen molar-refractivity contribution in [3.63, 3.8) is 0 Å². The van der Waals surface area contributed by atoms with Gasteiger partial charge in [0.1, 0.15) is 23.0 Å². The van der Waals surface area contributed by atoms with E-state index in [1.54, 1.807) is 30.6 Å². The Bertz CT molecular complexity index is 729. The third-order valence-corrected chi connectivity index (χ3v) is 2.62. The van der Waals surface area contributed by atoms with Gasteiger partial charge in [-0.05, 0) is 18.2 Å². The second-order valence-electron chi connectivity index (χ2n) is 4.02. The molecule has 0 bridgehead atoms. The van der Waals surface area contributed by atoms with Crippen molar-refractivity contribution in [2.24, 2.45) is 0 Å². The third kappa shape index (κ3) is 2.41. The van der Waals surface area contributed by atoms with Crippen molar-refractivity contribution in [2.45, 2.75) is 0 Å². The fourth-order valence-electron chi connectivity index (χ4n) is 1.65. The molecule has 20 heavy (non-hydrogen) atoms. The molecule has 7 heteroatoms. The van der Waals surface area contributed by atoms with Gasteiger partial charge in [-0.15, -0.1) is 0 Å². The van der Waals surface area contributed by atoms with Gasteiger partial charge < -0.3 is 10.5 Å². The van der Waals surface area contributed by atoms with Crippen LogP contribution in [0, 0.1) is 5.82 Å². The monoisotopic (exact) mass is 271 g/mol. The van der Waals surface area contributed by atoms with Crippen molar-refractivity contribution in [1.82, 2.24) is 20.4 Å². The minimum absolute atomic E-state index is 0.0790. The van der Waals surface area contributed by atoms with E-state index in [1.807, 2.05) is 0 Å². The van der Waals surface area contributed by atoms with Gasteiger partial charge in [0.2, 0.25) is 0 Å². The lowest BCUT2D eigenvalue weighted by atomic mass is 10.2. The van der Waals surface area contributed by atoms with Crippen molar-refractivity contribution in [3.05, 3.63) is 48.5 Å². The zero-order valence-electron chi connectivity index (χ0n) is 10.2. The number of nitrogens with one attached hydrogen (secondary N) is 1. The summed E-state index contributed by atoms with van der Waals surface area (Å²) in [5.41, 5.74) is 6.69. The molecule has 0 fully saturated rings. The van der Waals surface area contributed by atoms with Crippen molar-refractivity contribution >= 4 is 5.69 Å². The van der Waals surface area contributed by atoms with Crippen molar-refractivity contribution in [1.29, 1.82) is 0 Å². The fraction of sp³-hybridized carbons (Fsp3) is 0. The highest BCUT2D eigenvalue weighted by atomic mass is 19.1. The number of aromatic nitrogens is 4. The van der Waals surface area contributed by atoms with Crippen LogP contribution in [0.4, 0.5) is 10.1 Å². The molecule has 0 saturated heterocycles. The number of benzene rings is 1. The van der Waals surface area contributed by atoms with E-state index < -0.39 is 5.82 Å². The lowest BCUT2D eigenvalue weighted by molar-refractivity contribution is 0.477. The minimum Gasteiger partial charge on any atom is -0.457 e. The largest absolute Gasteiger partial charge is 0.457 e. The number of nitrogen functional groups attached to an aromatic ring is 1. The Hall–Kier alpha value is -2.96. The van der Waals surface area contributed by atoms with E-state index in [0.717, 1.165) is 0 Å². The molecular weight excluding hydrogens is 261 g/mol. The number of H-pyrrole nitrogens is 1. The van der Waals surface area contributed by atoms with E-state index in [-0.39, 0.29) is 5.69 Å². The van der Waals surface area contributed by atoms with E-state index in [2.05, 4.69) is 20.4 Å². The Morgan fingerprint density at radius 2 is 1.95 bits per heavy atom. The molecular formula is C13H10FN5O. The summed E-state index contributed by atoms with van der Waals surface area (Å²) in [6.45, 7) is 0. The van der Waals surface area contributed by atoms with E-state index in [0.29, 0.717) is 22.9 Å². The van der Waals surface area contributed by atoms with Gasteiger partial charge in [0.05, 0.1) is 17.6 Å². The number of hydrogen-bond donors (Lipinski definition) is 2. The zero-order valence-corrected chi connectivity index (χ0v) is 10.2. The van der Waals surface area contributed by atoms with Gasteiger partial charge in [-0.3, -0.25) is 4.98 Å². The van der Waals surface area contributed by atoms with Gasteiger partial charge in [0.25, 0.3) is 0 Å². The van der Waals surface area contributed by atoms with Gasteiger partial charge in [-0.2, -0.15) is 15.4 Å². The van der Waals surface area contributed by atoms with Crippen LogP contribution in [0.3, 0.4) is 0 Å². The number of anilines is 1. The molecule has 0 radical (unpaired) electrons. The van der Waals surface area contributed by atoms with Gasteiger partial charge in [0, 0.05) is 18.3 Å². The van der Waals surface area contributed by atoms with E-state index in [9.17, 15) is 4.39 Å². The number of hydrogen-bond acceptors (Lipinski definition) is 5. The summed E-state index contributed by atoms with van der Waals surface area (Å²) in [7, 11) is 0. The Morgan fingerprint density at radius 1 is 1.10 bits per heavy atom. The van der Waals surface area contributed by atoms with Gasteiger partial charge in [-0.1, -0.05) is 0 Å². The van der Waals surface area contributed by atoms with Crippen LogP contribution in [-0.2, 0) is 0 Å². The number of halogens is 1. The lowest BCUT2D eigenvalue weighted by Gasteiger charge is -2.07.